The minimum absolute atomic E-state index is 0.528. The van der Waals surface area contributed by atoms with E-state index in [1.165, 1.54) is 5.56 Å². The summed E-state index contributed by atoms with van der Waals surface area (Å²) < 4.78 is 5.19. The van der Waals surface area contributed by atoms with Crippen LogP contribution in [0, 0.1) is 13.5 Å². The predicted octanol–water partition coefficient (Wildman–Crippen LogP) is 2.47. The summed E-state index contributed by atoms with van der Waals surface area (Å²) in [5.74, 6) is 0.884. The molecule has 2 heteroatoms. The van der Waals surface area contributed by atoms with Gasteiger partial charge in [-0.05, 0) is 13.0 Å². The maximum absolute atomic E-state index is 6.72. The van der Waals surface area contributed by atoms with Crippen LogP contribution in [0.1, 0.15) is 11.1 Å². The summed E-state index contributed by atoms with van der Waals surface area (Å²) in [6, 6.07) is 6.04. The zero-order chi connectivity index (χ0) is 9.68. The van der Waals surface area contributed by atoms with Gasteiger partial charge in [0, 0.05) is 12.0 Å². The molecule has 0 radical (unpaired) electrons. The summed E-state index contributed by atoms with van der Waals surface area (Å²) in [5, 5.41) is 0. The van der Waals surface area contributed by atoms with Crippen molar-refractivity contribution in [1.82, 2.24) is 0 Å². The largest absolute Gasteiger partial charge is 0.496 e. The molecule has 0 heterocycles. The summed E-state index contributed by atoms with van der Waals surface area (Å²) >= 11 is 0. The quantitative estimate of drug-likeness (QED) is 0.643. The third kappa shape index (κ3) is 2.48. The molecule has 0 bridgehead atoms. The van der Waals surface area contributed by atoms with Gasteiger partial charge < -0.3 is 9.58 Å². The average molecular weight is 175 g/mol. The SMILES string of the molecule is [C-]#[N+]CCc1cc(C)ccc1OC. The second-order valence-corrected chi connectivity index (χ2v) is 2.95. The Labute approximate surface area is 79.0 Å². The van der Waals surface area contributed by atoms with E-state index in [0.717, 1.165) is 17.7 Å². The normalized spacial score (nSPS) is 9.31. The molecule has 2 nitrogen and oxygen atoms in total. The third-order valence-electron chi connectivity index (χ3n) is 1.93. The van der Waals surface area contributed by atoms with Crippen LogP contribution >= 0.6 is 0 Å². The maximum Gasteiger partial charge on any atom is 0.218 e. The molecule has 0 aromatic heterocycles. The highest BCUT2D eigenvalue weighted by Crippen LogP contribution is 2.19. The Morgan fingerprint density at radius 1 is 1.46 bits per heavy atom. The minimum atomic E-state index is 0.528. The second kappa shape index (κ2) is 4.51. The smallest absolute Gasteiger partial charge is 0.218 e. The van der Waals surface area contributed by atoms with E-state index in [9.17, 15) is 0 Å². The standard InChI is InChI=1S/C11H13NO/c1-9-4-5-11(13-3)10(8-9)6-7-12-2/h4-5,8H,6-7H2,1,3H3. The number of hydrogen-bond donors (Lipinski definition) is 0. The Bertz CT molecular complexity index is 325. The van der Waals surface area contributed by atoms with Crippen LogP contribution in [0.3, 0.4) is 0 Å². The molecule has 1 aromatic rings. The van der Waals surface area contributed by atoms with Crippen molar-refractivity contribution in [3.8, 4) is 5.75 Å². The number of methoxy groups -OCH3 is 1. The van der Waals surface area contributed by atoms with Gasteiger partial charge in [-0.1, -0.05) is 17.7 Å². The Hall–Kier alpha value is -1.49. The number of nitrogens with zero attached hydrogens (tertiary/aromatic N) is 1. The van der Waals surface area contributed by atoms with Crippen molar-refractivity contribution in [2.24, 2.45) is 0 Å². The van der Waals surface area contributed by atoms with Gasteiger partial charge in [-0.3, -0.25) is 0 Å². The van der Waals surface area contributed by atoms with Crippen LogP contribution in [0.15, 0.2) is 18.2 Å². The topological polar surface area (TPSA) is 13.6 Å². The van der Waals surface area contributed by atoms with Gasteiger partial charge in [0.05, 0.1) is 7.11 Å². The molecule has 0 fully saturated rings. The number of hydrogen-bond acceptors (Lipinski definition) is 1. The highest BCUT2D eigenvalue weighted by atomic mass is 16.5. The lowest BCUT2D eigenvalue weighted by atomic mass is 10.1. The number of rotatable bonds is 3. The van der Waals surface area contributed by atoms with Gasteiger partial charge in [0.15, 0.2) is 0 Å². The molecule has 0 saturated carbocycles. The molecule has 0 unspecified atom stereocenters. The van der Waals surface area contributed by atoms with Crippen LogP contribution in [0.5, 0.6) is 5.75 Å². The first-order valence-electron chi connectivity index (χ1n) is 4.24. The third-order valence-corrected chi connectivity index (χ3v) is 1.93. The van der Waals surface area contributed by atoms with Gasteiger partial charge in [0.25, 0.3) is 0 Å². The molecule has 68 valence electrons. The van der Waals surface area contributed by atoms with Gasteiger partial charge in [-0.15, -0.1) is 0 Å². The van der Waals surface area contributed by atoms with Crippen molar-refractivity contribution >= 4 is 0 Å². The van der Waals surface area contributed by atoms with Gasteiger partial charge >= 0.3 is 0 Å². The van der Waals surface area contributed by atoms with Crippen LogP contribution < -0.4 is 4.74 Å². The van der Waals surface area contributed by atoms with Crippen LogP contribution in [-0.4, -0.2) is 13.7 Å². The molecule has 1 rings (SSSR count). The van der Waals surface area contributed by atoms with E-state index < -0.39 is 0 Å². The summed E-state index contributed by atoms with van der Waals surface area (Å²) in [7, 11) is 1.66. The minimum Gasteiger partial charge on any atom is -0.496 e. The van der Waals surface area contributed by atoms with Crippen molar-refractivity contribution in [2.45, 2.75) is 13.3 Å². The molecule has 0 saturated heterocycles. The summed E-state index contributed by atoms with van der Waals surface area (Å²) in [6.45, 7) is 9.29. The van der Waals surface area contributed by atoms with Crippen molar-refractivity contribution < 1.29 is 4.74 Å². The first-order chi connectivity index (χ1) is 6.27. The van der Waals surface area contributed by atoms with Crippen molar-refractivity contribution in [3.63, 3.8) is 0 Å². The molecular formula is C11H13NO. The van der Waals surface area contributed by atoms with E-state index in [1.807, 2.05) is 19.1 Å². The van der Waals surface area contributed by atoms with Crippen LogP contribution in [0.4, 0.5) is 0 Å². The van der Waals surface area contributed by atoms with Crippen molar-refractivity contribution in [2.75, 3.05) is 13.7 Å². The number of ether oxygens (including phenoxy) is 1. The van der Waals surface area contributed by atoms with Gasteiger partial charge in [-0.25, -0.2) is 6.57 Å². The van der Waals surface area contributed by atoms with Gasteiger partial charge in [0.2, 0.25) is 6.54 Å². The molecule has 0 amide bonds. The summed E-state index contributed by atoms with van der Waals surface area (Å²) in [4.78, 5) is 3.33. The van der Waals surface area contributed by atoms with E-state index in [2.05, 4.69) is 10.9 Å². The van der Waals surface area contributed by atoms with E-state index in [0.29, 0.717) is 6.54 Å². The number of aryl methyl sites for hydroxylation is 1. The van der Waals surface area contributed by atoms with Crippen LogP contribution in [0.2, 0.25) is 0 Å². The fraction of sp³-hybridized carbons (Fsp3) is 0.364. The lowest BCUT2D eigenvalue weighted by Crippen LogP contribution is -1.94. The van der Waals surface area contributed by atoms with E-state index >= 15 is 0 Å². The van der Waals surface area contributed by atoms with Gasteiger partial charge in [0.1, 0.15) is 5.75 Å². The lowest BCUT2D eigenvalue weighted by Gasteiger charge is -2.06. The molecule has 13 heavy (non-hydrogen) atoms. The van der Waals surface area contributed by atoms with Crippen molar-refractivity contribution in [3.05, 3.63) is 40.7 Å². The predicted molar refractivity (Wildman–Crippen MR) is 52.9 cm³/mol. The van der Waals surface area contributed by atoms with Crippen LogP contribution in [0.25, 0.3) is 4.85 Å². The Morgan fingerprint density at radius 3 is 2.85 bits per heavy atom. The fourth-order valence-electron chi connectivity index (χ4n) is 1.28. The molecule has 0 spiro atoms. The lowest BCUT2D eigenvalue weighted by molar-refractivity contribution is 0.410. The highest BCUT2D eigenvalue weighted by Gasteiger charge is 2.03. The molecule has 0 N–H and O–H groups in total. The second-order valence-electron chi connectivity index (χ2n) is 2.95. The molecule has 1 aromatic carbocycles. The first-order valence-corrected chi connectivity index (χ1v) is 4.24. The molecule has 0 aliphatic carbocycles. The maximum atomic E-state index is 6.72. The highest BCUT2D eigenvalue weighted by molar-refractivity contribution is 5.37. The van der Waals surface area contributed by atoms with Gasteiger partial charge in [-0.2, -0.15) is 0 Å². The van der Waals surface area contributed by atoms with E-state index in [4.69, 9.17) is 11.3 Å². The Kier molecular flexibility index (Phi) is 3.33. The molecule has 0 aliphatic rings. The zero-order valence-corrected chi connectivity index (χ0v) is 8.00. The molecular weight excluding hydrogens is 162 g/mol. The Balaban J connectivity index is 2.89. The monoisotopic (exact) mass is 175 g/mol. The fourth-order valence-corrected chi connectivity index (χ4v) is 1.28. The van der Waals surface area contributed by atoms with E-state index in [-0.39, 0.29) is 0 Å². The zero-order valence-electron chi connectivity index (χ0n) is 8.00. The molecule has 0 atom stereocenters. The van der Waals surface area contributed by atoms with Crippen LogP contribution in [-0.2, 0) is 6.42 Å². The molecule has 0 aliphatic heterocycles. The van der Waals surface area contributed by atoms with E-state index in [1.54, 1.807) is 7.11 Å². The summed E-state index contributed by atoms with van der Waals surface area (Å²) in [5.41, 5.74) is 2.33. The summed E-state index contributed by atoms with van der Waals surface area (Å²) in [6.07, 6.45) is 0.772. The average Bonchev–Trinajstić information content (AvgIpc) is 2.15. The Morgan fingerprint density at radius 2 is 2.23 bits per heavy atom. The first kappa shape index (κ1) is 9.60. The number of benzene rings is 1. The van der Waals surface area contributed by atoms with Crippen molar-refractivity contribution in [1.29, 1.82) is 0 Å².